The zero-order chi connectivity index (χ0) is 18.7. The van der Waals surface area contributed by atoms with Crippen LogP contribution in [-0.2, 0) is 6.18 Å². The van der Waals surface area contributed by atoms with E-state index in [4.69, 9.17) is 0 Å². The highest BCUT2D eigenvalue weighted by atomic mass is 19.4. The van der Waals surface area contributed by atoms with Gasteiger partial charge in [-0.1, -0.05) is 0 Å². The Balaban J connectivity index is 1.62. The third-order valence-electron chi connectivity index (χ3n) is 4.19. The summed E-state index contributed by atoms with van der Waals surface area (Å²) in [6.07, 6.45) is -0.174. The topological polar surface area (TPSA) is 71.0 Å². The fourth-order valence-electron chi connectivity index (χ4n) is 2.88. The molecular formula is C17H18F3N5O. The molecule has 6 nitrogen and oxygen atoms in total. The molecule has 3 rings (SSSR count). The molecule has 138 valence electrons. The fraction of sp³-hybridized carbons (Fsp3) is 0.412. The molecule has 9 heteroatoms. The Morgan fingerprint density at radius 1 is 1.27 bits per heavy atom. The van der Waals surface area contributed by atoms with Gasteiger partial charge in [0.25, 0.3) is 5.91 Å². The van der Waals surface area contributed by atoms with Crippen LogP contribution in [0.3, 0.4) is 0 Å². The van der Waals surface area contributed by atoms with E-state index in [1.54, 1.807) is 23.2 Å². The Bertz CT molecular complexity index is 774. The van der Waals surface area contributed by atoms with Crippen LogP contribution in [0.15, 0.2) is 30.6 Å². The van der Waals surface area contributed by atoms with Crippen LogP contribution in [0.1, 0.15) is 34.7 Å². The monoisotopic (exact) mass is 365 g/mol. The summed E-state index contributed by atoms with van der Waals surface area (Å²) in [4.78, 5) is 25.4. The van der Waals surface area contributed by atoms with Crippen LogP contribution in [0.25, 0.3) is 0 Å². The van der Waals surface area contributed by atoms with Gasteiger partial charge in [0.2, 0.25) is 0 Å². The summed E-state index contributed by atoms with van der Waals surface area (Å²) in [5, 5.41) is 2.94. The van der Waals surface area contributed by atoms with E-state index in [0.29, 0.717) is 31.5 Å². The van der Waals surface area contributed by atoms with Crippen LogP contribution < -0.4 is 10.2 Å². The van der Waals surface area contributed by atoms with Crippen LogP contribution in [0.5, 0.6) is 0 Å². The van der Waals surface area contributed by atoms with Crippen LogP contribution in [0.2, 0.25) is 0 Å². The summed E-state index contributed by atoms with van der Waals surface area (Å²) in [5.74, 6) is 0.150. The van der Waals surface area contributed by atoms with Crippen molar-refractivity contribution in [3.8, 4) is 0 Å². The number of anilines is 1. The van der Waals surface area contributed by atoms with Gasteiger partial charge in [-0.15, -0.1) is 0 Å². The number of nitrogens with one attached hydrogen (secondary N) is 1. The number of nitrogens with zero attached hydrogens (tertiary/aromatic N) is 4. The van der Waals surface area contributed by atoms with E-state index in [1.165, 1.54) is 13.1 Å². The first kappa shape index (κ1) is 18.1. The molecule has 1 N–H and O–H groups in total. The number of hydrogen-bond acceptors (Lipinski definition) is 5. The highest BCUT2D eigenvalue weighted by Gasteiger charge is 2.34. The number of alkyl halides is 3. The predicted octanol–water partition coefficient (Wildman–Crippen LogP) is 2.60. The molecule has 0 aliphatic carbocycles. The Morgan fingerprint density at radius 3 is 2.62 bits per heavy atom. The molecule has 1 aliphatic rings. The molecule has 3 heterocycles. The number of amides is 1. The SMILES string of the molecule is Cc1nc(N2CCC(NC(=O)c3cccnc3)CC2)cc(C(F)(F)F)n1. The second-order valence-electron chi connectivity index (χ2n) is 6.13. The minimum absolute atomic E-state index is 0.0380. The van der Waals surface area contributed by atoms with E-state index in [1.807, 2.05) is 0 Å². The van der Waals surface area contributed by atoms with Crippen molar-refractivity contribution in [2.45, 2.75) is 32.0 Å². The average molecular weight is 365 g/mol. The van der Waals surface area contributed by atoms with Gasteiger partial charge < -0.3 is 10.2 Å². The Kier molecular flexibility index (Phi) is 5.06. The molecule has 1 amide bonds. The second-order valence-corrected chi connectivity index (χ2v) is 6.13. The number of carbonyl (C=O) groups excluding carboxylic acids is 1. The van der Waals surface area contributed by atoms with Gasteiger partial charge in [0.05, 0.1) is 5.56 Å². The summed E-state index contributed by atoms with van der Waals surface area (Å²) in [5.41, 5.74) is -0.455. The number of piperidine rings is 1. The number of halogens is 3. The molecule has 0 atom stereocenters. The number of rotatable bonds is 3. The van der Waals surface area contributed by atoms with Crippen LogP contribution in [0, 0.1) is 6.92 Å². The first-order chi connectivity index (χ1) is 12.3. The van der Waals surface area contributed by atoms with E-state index < -0.39 is 11.9 Å². The molecule has 0 bridgehead atoms. The Hall–Kier alpha value is -2.71. The van der Waals surface area contributed by atoms with Crippen LogP contribution >= 0.6 is 0 Å². The maximum atomic E-state index is 12.9. The van der Waals surface area contributed by atoms with Crippen molar-refractivity contribution in [3.05, 3.63) is 47.7 Å². The smallest absolute Gasteiger partial charge is 0.356 e. The van der Waals surface area contributed by atoms with Crippen molar-refractivity contribution in [2.24, 2.45) is 0 Å². The summed E-state index contributed by atoms with van der Waals surface area (Å²) < 4.78 is 38.8. The number of carbonyl (C=O) groups is 1. The van der Waals surface area contributed by atoms with Crippen molar-refractivity contribution < 1.29 is 18.0 Å². The molecule has 0 saturated carbocycles. The van der Waals surface area contributed by atoms with E-state index in [-0.39, 0.29) is 23.6 Å². The standard InChI is InChI=1S/C17H18F3N5O/c1-11-22-14(17(18,19)20)9-15(23-11)25-7-4-13(5-8-25)24-16(26)12-3-2-6-21-10-12/h2-3,6,9-10,13H,4-5,7-8H2,1H3,(H,24,26). The zero-order valence-corrected chi connectivity index (χ0v) is 14.1. The lowest BCUT2D eigenvalue weighted by Gasteiger charge is -2.33. The molecule has 2 aromatic heterocycles. The third-order valence-corrected chi connectivity index (χ3v) is 4.19. The van der Waals surface area contributed by atoms with E-state index in [2.05, 4.69) is 20.3 Å². The molecule has 26 heavy (non-hydrogen) atoms. The first-order valence-electron chi connectivity index (χ1n) is 8.21. The normalized spacial score (nSPS) is 15.8. The number of hydrogen-bond donors (Lipinski definition) is 1. The minimum atomic E-state index is -4.50. The molecule has 0 spiro atoms. The second kappa shape index (κ2) is 7.27. The maximum Gasteiger partial charge on any atom is 0.433 e. The van der Waals surface area contributed by atoms with E-state index >= 15 is 0 Å². The zero-order valence-electron chi connectivity index (χ0n) is 14.1. The molecule has 0 aromatic carbocycles. The van der Waals surface area contributed by atoms with Gasteiger partial charge in [-0.2, -0.15) is 13.2 Å². The van der Waals surface area contributed by atoms with E-state index in [0.717, 1.165) is 6.07 Å². The lowest BCUT2D eigenvalue weighted by Crippen LogP contribution is -2.45. The van der Waals surface area contributed by atoms with Crippen molar-refractivity contribution in [3.63, 3.8) is 0 Å². The highest BCUT2D eigenvalue weighted by Crippen LogP contribution is 2.30. The van der Waals surface area contributed by atoms with Gasteiger partial charge in [0.15, 0.2) is 0 Å². The van der Waals surface area contributed by atoms with Gasteiger partial charge in [-0.3, -0.25) is 9.78 Å². The maximum absolute atomic E-state index is 12.9. The average Bonchev–Trinajstić information content (AvgIpc) is 2.62. The summed E-state index contributed by atoms with van der Waals surface area (Å²) in [7, 11) is 0. The molecule has 2 aromatic rings. The van der Waals surface area contributed by atoms with E-state index in [9.17, 15) is 18.0 Å². The molecule has 1 fully saturated rings. The lowest BCUT2D eigenvalue weighted by molar-refractivity contribution is -0.141. The highest BCUT2D eigenvalue weighted by molar-refractivity contribution is 5.94. The third kappa shape index (κ3) is 4.27. The summed E-state index contributed by atoms with van der Waals surface area (Å²) >= 11 is 0. The number of pyridine rings is 1. The van der Waals surface area contributed by atoms with Gasteiger partial charge in [-0.05, 0) is 31.9 Å². The van der Waals surface area contributed by atoms with Crippen molar-refractivity contribution in [1.82, 2.24) is 20.3 Å². The number of aryl methyl sites for hydroxylation is 1. The Labute approximate surface area is 148 Å². The molecule has 1 aliphatic heterocycles. The van der Waals surface area contributed by atoms with Crippen molar-refractivity contribution >= 4 is 11.7 Å². The quantitative estimate of drug-likeness (QED) is 0.905. The van der Waals surface area contributed by atoms with Crippen LogP contribution in [0.4, 0.5) is 19.0 Å². The first-order valence-corrected chi connectivity index (χ1v) is 8.21. The summed E-state index contributed by atoms with van der Waals surface area (Å²) in [6.45, 7) is 2.46. The number of aromatic nitrogens is 3. The molecular weight excluding hydrogens is 347 g/mol. The lowest BCUT2D eigenvalue weighted by atomic mass is 10.0. The van der Waals surface area contributed by atoms with Crippen molar-refractivity contribution in [2.75, 3.05) is 18.0 Å². The van der Waals surface area contributed by atoms with Crippen LogP contribution in [-0.4, -0.2) is 40.0 Å². The van der Waals surface area contributed by atoms with Crippen molar-refractivity contribution in [1.29, 1.82) is 0 Å². The van der Waals surface area contributed by atoms with Gasteiger partial charge in [0, 0.05) is 37.6 Å². The van der Waals surface area contributed by atoms with Gasteiger partial charge in [-0.25, -0.2) is 9.97 Å². The summed E-state index contributed by atoms with van der Waals surface area (Å²) in [6, 6.07) is 4.30. The molecule has 0 unspecified atom stereocenters. The largest absolute Gasteiger partial charge is 0.433 e. The fourth-order valence-corrected chi connectivity index (χ4v) is 2.88. The Morgan fingerprint density at radius 2 is 2.00 bits per heavy atom. The molecule has 1 saturated heterocycles. The minimum Gasteiger partial charge on any atom is -0.356 e. The molecule has 0 radical (unpaired) electrons. The van der Waals surface area contributed by atoms with Gasteiger partial charge in [0.1, 0.15) is 17.3 Å². The predicted molar refractivity (Wildman–Crippen MR) is 88.7 cm³/mol. The van der Waals surface area contributed by atoms with Gasteiger partial charge >= 0.3 is 6.18 Å².